The van der Waals surface area contributed by atoms with Gasteiger partial charge in [-0.25, -0.2) is 0 Å². The topological polar surface area (TPSA) is 24.4 Å². The second-order valence-electron chi connectivity index (χ2n) is 5.59. The Balaban J connectivity index is 1.96. The summed E-state index contributed by atoms with van der Waals surface area (Å²) >= 11 is 3.41. The lowest BCUT2D eigenvalue weighted by atomic mass is 10.0. The number of halogens is 1. The molecule has 0 aliphatic rings. The van der Waals surface area contributed by atoms with Gasteiger partial charge in [0.2, 0.25) is 0 Å². The van der Waals surface area contributed by atoms with E-state index in [4.69, 9.17) is 0 Å². The van der Waals surface area contributed by atoms with Gasteiger partial charge in [0.05, 0.1) is 11.9 Å². The first-order chi connectivity index (χ1) is 10.5. The van der Waals surface area contributed by atoms with E-state index in [0.29, 0.717) is 5.92 Å². The molecule has 114 valence electrons. The number of anilines is 1. The van der Waals surface area contributed by atoms with Gasteiger partial charge in [-0.1, -0.05) is 60.1 Å². The van der Waals surface area contributed by atoms with Gasteiger partial charge in [0.15, 0.2) is 0 Å². The number of rotatable bonds is 5. The molecule has 0 unspecified atom stereocenters. The molecular formula is C19H21BrN2. The Morgan fingerprint density at radius 2 is 1.68 bits per heavy atom. The molecule has 0 saturated carbocycles. The van der Waals surface area contributed by atoms with Gasteiger partial charge < -0.3 is 0 Å². The SMILES string of the molecule is CC(/C=N/Nc1ccc(Br)cc1)=C\c1ccc(C(C)C)cc1. The summed E-state index contributed by atoms with van der Waals surface area (Å²) in [6.07, 6.45) is 3.95. The van der Waals surface area contributed by atoms with Crippen LogP contribution in [0.2, 0.25) is 0 Å². The van der Waals surface area contributed by atoms with Crippen LogP contribution in [0.1, 0.15) is 37.8 Å². The van der Waals surface area contributed by atoms with Crippen LogP contribution in [0.15, 0.2) is 63.7 Å². The van der Waals surface area contributed by atoms with Crippen molar-refractivity contribution in [2.75, 3.05) is 5.43 Å². The minimum Gasteiger partial charge on any atom is -0.279 e. The van der Waals surface area contributed by atoms with E-state index in [9.17, 15) is 0 Å². The summed E-state index contributed by atoms with van der Waals surface area (Å²) in [6, 6.07) is 16.6. The van der Waals surface area contributed by atoms with Gasteiger partial charge in [-0.05, 0) is 53.8 Å². The fraction of sp³-hybridized carbons (Fsp3) is 0.211. The van der Waals surface area contributed by atoms with Crippen molar-refractivity contribution in [3.05, 3.63) is 69.7 Å². The first kappa shape index (κ1) is 16.5. The molecule has 0 aliphatic heterocycles. The van der Waals surface area contributed by atoms with Crippen molar-refractivity contribution in [3.63, 3.8) is 0 Å². The molecule has 0 spiro atoms. The maximum Gasteiger partial charge on any atom is 0.0562 e. The van der Waals surface area contributed by atoms with Gasteiger partial charge in [0, 0.05) is 4.47 Å². The van der Waals surface area contributed by atoms with Gasteiger partial charge in [-0.2, -0.15) is 5.10 Å². The minimum atomic E-state index is 0.566. The number of benzene rings is 2. The molecule has 0 heterocycles. The van der Waals surface area contributed by atoms with Crippen molar-refractivity contribution < 1.29 is 0 Å². The normalized spacial score (nSPS) is 12.1. The van der Waals surface area contributed by atoms with Crippen molar-refractivity contribution in [1.82, 2.24) is 0 Å². The summed E-state index contributed by atoms with van der Waals surface area (Å²) < 4.78 is 1.06. The van der Waals surface area contributed by atoms with Crippen LogP contribution in [0, 0.1) is 0 Å². The molecule has 0 radical (unpaired) electrons. The molecule has 2 aromatic rings. The third-order valence-electron chi connectivity index (χ3n) is 3.30. The van der Waals surface area contributed by atoms with Crippen LogP contribution < -0.4 is 5.43 Å². The van der Waals surface area contributed by atoms with Crippen molar-refractivity contribution >= 4 is 33.9 Å². The highest BCUT2D eigenvalue weighted by molar-refractivity contribution is 9.10. The molecule has 0 amide bonds. The lowest BCUT2D eigenvalue weighted by Gasteiger charge is -2.05. The molecule has 0 aromatic heterocycles. The third-order valence-corrected chi connectivity index (χ3v) is 3.83. The molecule has 0 bridgehead atoms. The Morgan fingerprint density at radius 3 is 2.27 bits per heavy atom. The standard InChI is InChI=1S/C19H21BrN2/c1-14(2)17-6-4-16(5-7-17)12-15(3)13-21-22-19-10-8-18(20)9-11-19/h4-14,22H,1-3H3/b15-12+,21-13+. The second kappa shape index (κ2) is 7.95. The Kier molecular flexibility index (Phi) is 5.96. The molecule has 2 nitrogen and oxygen atoms in total. The van der Waals surface area contributed by atoms with Crippen LogP contribution in [0.3, 0.4) is 0 Å². The van der Waals surface area contributed by atoms with E-state index in [1.54, 1.807) is 0 Å². The van der Waals surface area contributed by atoms with Gasteiger partial charge in [0.1, 0.15) is 0 Å². The summed E-state index contributed by atoms with van der Waals surface area (Å²) in [5.74, 6) is 0.566. The highest BCUT2D eigenvalue weighted by Crippen LogP contribution is 2.16. The zero-order chi connectivity index (χ0) is 15.9. The first-order valence-electron chi connectivity index (χ1n) is 7.37. The van der Waals surface area contributed by atoms with E-state index >= 15 is 0 Å². The quantitative estimate of drug-likeness (QED) is 0.509. The molecule has 22 heavy (non-hydrogen) atoms. The van der Waals surface area contributed by atoms with Crippen LogP contribution in [-0.2, 0) is 0 Å². The number of allylic oxidation sites excluding steroid dienone is 1. The van der Waals surface area contributed by atoms with E-state index in [2.05, 4.69) is 70.6 Å². The van der Waals surface area contributed by atoms with Crippen LogP contribution in [0.5, 0.6) is 0 Å². The Hall–Kier alpha value is -1.87. The second-order valence-corrected chi connectivity index (χ2v) is 6.50. The summed E-state index contributed by atoms with van der Waals surface area (Å²) in [6.45, 7) is 6.45. The Labute approximate surface area is 141 Å². The lowest BCUT2D eigenvalue weighted by Crippen LogP contribution is -1.90. The lowest BCUT2D eigenvalue weighted by molar-refractivity contribution is 0.866. The van der Waals surface area contributed by atoms with E-state index in [1.807, 2.05) is 37.4 Å². The van der Waals surface area contributed by atoms with Crippen LogP contribution in [0.25, 0.3) is 6.08 Å². The zero-order valence-corrected chi connectivity index (χ0v) is 14.8. The van der Waals surface area contributed by atoms with Gasteiger partial charge >= 0.3 is 0 Å². The summed E-state index contributed by atoms with van der Waals surface area (Å²) in [5, 5.41) is 4.25. The maximum atomic E-state index is 4.25. The smallest absolute Gasteiger partial charge is 0.0562 e. The average Bonchev–Trinajstić information content (AvgIpc) is 2.50. The van der Waals surface area contributed by atoms with Gasteiger partial charge in [0.25, 0.3) is 0 Å². The van der Waals surface area contributed by atoms with E-state index in [0.717, 1.165) is 15.7 Å². The third kappa shape index (κ3) is 5.15. The largest absolute Gasteiger partial charge is 0.279 e. The summed E-state index contributed by atoms with van der Waals surface area (Å²) in [5.41, 5.74) is 7.64. The van der Waals surface area contributed by atoms with Crippen LogP contribution in [-0.4, -0.2) is 6.21 Å². The van der Waals surface area contributed by atoms with Crippen LogP contribution >= 0.6 is 15.9 Å². The van der Waals surface area contributed by atoms with Gasteiger partial charge in [-0.3, -0.25) is 5.43 Å². The van der Waals surface area contributed by atoms with E-state index in [-0.39, 0.29) is 0 Å². The highest BCUT2D eigenvalue weighted by Gasteiger charge is 1.97. The molecule has 2 aromatic carbocycles. The average molecular weight is 357 g/mol. The van der Waals surface area contributed by atoms with Gasteiger partial charge in [-0.15, -0.1) is 0 Å². The van der Waals surface area contributed by atoms with Crippen LogP contribution in [0.4, 0.5) is 5.69 Å². The molecule has 3 heteroatoms. The van der Waals surface area contributed by atoms with Crippen molar-refractivity contribution in [2.24, 2.45) is 5.10 Å². The molecule has 0 fully saturated rings. The number of nitrogens with one attached hydrogen (secondary N) is 1. The molecule has 0 aliphatic carbocycles. The van der Waals surface area contributed by atoms with E-state index < -0.39 is 0 Å². The predicted octanol–water partition coefficient (Wildman–Crippen LogP) is 6.07. The van der Waals surface area contributed by atoms with Crippen molar-refractivity contribution in [3.8, 4) is 0 Å². The fourth-order valence-corrected chi connectivity index (χ4v) is 2.27. The number of hydrogen-bond acceptors (Lipinski definition) is 2. The number of hydrazone groups is 1. The summed E-state index contributed by atoms with van der Waals surface area (Å²) in [7, 11) is 0. The van der Waals surface area contributed by atoms with Crippen molar-refractivity contribution in [2.45, 2.75) is 26.7 Å². The Bertz CT molecular complexity index is 653. The molecular weight excluding hydrogens is 336 g/mol. The number of hydrogen-bond donors (Lipinski definition) is 1. The molecule has 0 saturated heterocycles. The van der Waals surface area contributed by atoms with E-state index in [1.165, 1.54) is 11.1 Å². The highest BCUT2D eigenvalue weighted by atomic mass is 79.9. The Morgan fingerprint density at radius 1 is 1.05 bits per heavy atom. The fourth-order valence-electron chi connectivity index (χ4n) is 2.01. The molecule has 2 rings (SSSR count). The predicted molar refractivity (Wildman–Crippen MR) is 100 cm³/mol. The summed E-state index contributed by atoms with van der Waals surface area (Å²) in [4.78, 5) is 0. The monoisotopic (exact) mass is 356 g/mol. The van der Waals surface area contributed by atoms with Crippen molar-refractivity contribution in [1.29, 1.82) is 0 Å². The molecule has 1 N–H and O–H groups in total. The first-order valence-corrected chi connectivity index (χ1v) is 8.17. The zero-order valence-electron chi connectivity index (χ0n) is 13.2. The maximum absolute atomic E-state index is 4.25. The molecule has 0 atom stereocenters. The minimum absolute atomic E-state index is 0.566. The number of nitrogens with zero attached hydrogens (tertiary/aromatic N) is 1.